The number of carboxylic acids is 1. The van der Waals surface area contributed by atoms with Crippen LogP contribution in [0.4, 0.5) is 0 Å². The Morgan fingerprint density at radius 3 is 2.90 bits per heavy atom. The van der Waals surface area contributed by atoms with E-state index in [0.29, 0.717) is 15.8 Å². The van der Waals surface area contributed by atoms with Crippen LogP contribution in [0.15, 0.2) is 4.34 Å². The standard InChI is InChI=1S/C14H19NO3S2/c1-9-11(12(16)17)20-13(15-9)19-10-4-7-18-14(8-10)5-2-3-6-14/h10H,2-8H2,1H3,(H,16,17). The second kappa shape index (κ2) is 5.66. The highest BCUT2D eigenvalue weighted by molar-refractivity contribution is 8.01. The zero-order chi connectivity index (χ0) is 14.2. The SMILES string of the molecule is Cc1nc(SC2CCOC3(CCCC3)C2)sc1C(=O)O. The first-order chi connectivity index (χ1) is 9.58. The minimum atomic E-state index is -0.869. The van der Waals surface area contributed by atoms with Crippen LogP contribution in [0.3, 0.4) is 0 Å². The Balaban J connectivity index is 1.68. The molecule has 110 valence electrons. The normalized spacial score (nSPS) is 25.1. The van der Waals surface area contributed by atoms with Gasteiger partial charge < -0.3 is 9.84 Å². The molecule has 20 heavy (non-hydrogen) atoms. The molecular formula is C14H19NO3S2. The van der Waals surface area contributed by atoms with E-state index in [2.05, 4.69) is 4.98 Å². The molecule has 1 N–H and O–H groups in total. The third-order valence-electron chi connectivity index (χ3n) is 4.20. The second-order valence-electron chi connectivity index (χ2n) is 5.67. The van der Waals surface area contributed by atoms with Crippen LogP contribution in [-0.2, 0) is 4.74 Å². The van der Waals surface area contributed by atoms with Crippen molar-refractivity contribution < 1.29 is 14.6 Å². The fourth-order valence-electron chi connectivity index (χ4n) is 3.21. The second-order valence-corrected chi connectivity index (χ2v) is 8.22. The molecule has 0 radical (unpaired) electrons. The molecule has 1 saturated carbocycles. The monoisotopic (exact) mass is 313 g/mol. The summed E-state index contributed by atoms with van der Waals surface area (Å²) in [4.78, 5) is 15.8. The van der Waals surface area contributed by atoms with Crippen LogP contribution in [0.5, 0.6) is 0 Å². The lowest BCUT2D eigenvalue weighted by atomic mass is 9.92. The van der Waals surface area contributed by atoms with Crippen molar-refractivity contribution in [3.8, 4) is 0 Å². The van der Waals surface area contributed by atoms with E-state index in [0.717, 1.165) is 23.8 Å². The zero-order valence-corrected chi connectivity index (χ0v) is 13.2. The number of aryl methyl sites for hydroxylation is 1. The largest absolute Gasteiger partial charge is 0.477 e. The Kier molecular flexibility index (Phi) is 4.06. The predicted molar refractivity (Wildman–Crippen MR) is 79.8 cm³/mol. The lowest BCUT2D eigenvalue weighted by Gasteiger charge is -2.37. The van der Waals surface area contributed by atoms with Gasteiger partial charge in [0.05, 0.1) is 11.3 Å². The summed E-state index contributed by atoms with van der Waals surface area (Å²) in [7, 11) is 0. The maximum atomic E-state index is 11.1. The molecule has 1 unspecified atom stereocenters. The minimum absolute atomic E-state index is 0.109. The molecule has 0 amide bonds. The molecular weight excluding hydrogens is 294 g/mol. The van der Waals surface area contributed by atoms with Crippen LogP contribution >= 0.6 is 23.1 Å². The summed E-state index contributed by atoms with van der Waals surface area (Å²) >= 11 is 3.05. The van der Waals surface area contributed by atoms with Crippen molar-refractivity contribution in [2.45, 2.75) is 60.6 Å². The summed E-state index contributed by atoms with van der Waals surface area (Å²) in [6.45, 7) is 2.60. The molecule has 1 atom stereocenters. The molecule has 2 aliphatic rings. The van der Waals surface area contributed by atoms with Gasteiger partial charge in [0.25, 0.3) is 0 Å². The third-order valence-corrected chi connectivity index (χ3v) is 6.71. The Morgan fingerprint density at radius 1 is 1.50 bits per heavy atom. The Hall–Kier alpha value is -0.590. The summed E-state index contributed by atoms with van der Waals surface area (Å²) < 4.78 is 6.93. The van der Waals surface area contributed by atoms with Gasteiger partial charge in [0.2, 0.25) is 0 Å². The molecule has 1 aliphatic carbocycles. The topological polar surface area (TPSA) is 59.4 Å². The third kappa shape index (κ3) is 2.87. The number of carboxylic acid groups (broad SMARTS) is 1. The summed E-state index contributed by atoms with van der Waals surface area (Å²) in [5.74, 6) is -0.869. The van der Waals surface area contributed by atoms with Gasteiger partial charge in [-0.1, -0.05) is 24.6 Å². The molecule has 1 spiro atoms. The molecule has 0 aromatic carbocycles. The molecule has 1 aromatic rings. The van der Waals surface area contributed by atoms with Gasteiger partial charge in [0.15, 0.2) is 4.34 Å². The van der Waals surface area contributed by atoms with E-state index in [1.165, 1.54) is 37.0 Å². The van der Waals surface area contributed by atoms with Gasteiger partial charge in [-0.2, -0.15) is 0 Å². The van der Waals surface area contributed by atoms with Crippen LogP contribution in [-0.4, -0.2) is 33.5 Å². The van der Waals surface area contributed by atoms with Gasteiger partial charge in [-0.05, 0) is 32.6 Å². The molecule has 2 heterocycles. The van der Waals surface area contributed by atoms with Crippen LogP contribution in [0.1, 0.15) is 53.9 Å². The fraction of sp³-hybridized carbons (Fsp3) is 0.714. The van der Waals surface area contributed by atoms with Crippen LogP contribution in [0.25, 0.3) is 0 Å². The lowest BCUT2D eigenvalue weighted by Crippen LogP contribution is -2.38. The molecule has 1 aliphatic heterocycles. The lowest BCUT2D eigenvalue weighted by molar-refractivity contribution is -0.0704. The van der Waals surface area contributed by atoms with Crippen LogP contribution < -0.4 is 0 Å². The molecule has 4 nitrogen and oxygen atoms in total. The first-order valence-corrected chi connectivity index (χ1v) is 8.79. The number of thiazole rings is 1. The van der Waals surface area contributed by atoms with Gasteiger partial charge in [-0.3, -0.25) is 0 Å². The van der Waals surface area contributed by atoms with E-state index in [4.69, 9.17) is 9.84 Å². The van der Waals surface area contributed by atoms with E-state index in [1.54, 1.807) is 18.7 Å². The van der Waals surface area contributed by atoms with Gasteiger partial charge in [0.1, 0.15) is 4.88 Å². The van der Waals surface area contributed by atoms with Crippen molar-refractivity contribution in [1.82, 2.24) is 4.98 Å². The van der Waals surface area contributed by atoms with E-state index in [9.17, 15) is 4.79 Å². The number of hydrogen-bond acceptors (Lipinski definition) is 5. The minimum Gasteiger partial charge on any atom is -0.477 e. The highest BCUT2D eigenvalue weighted by Crippen LogP contribution is 2.45. The van der Waals surface area contributed by atoms with Gasteiger partial charge in [-0.15, -0.1) is 11.3 Å². The maximum absolute atomic E-state index is 11.1. The average molecular weight is 313 g/mol. The number of ether oxygens (including phenoxy) is 1. The first-order valence-electron chi connectivity index (χ1n) is 7.09. The van der Waals surface area contributed by atoms with Crippen molar-refractivity contribution in [2.24, 2.45) is 0 Å². The number of aromatic carboxylic acids is 1. The van der Waals surface area contributed by atoms with Gasteiger partial charge >= 0.3 is 5.97 Å². The number of nitrogens with zero attached hydrogens (tertiary/aromatic N) is 1. The fourth-order valence-corrected chi connectivity index (χ4v) is 5.78. The number of thioether (sulfide) groups is 1. The molecule has 0 bridgehead atoms. The van der Waals surface area contributed by atoms with Crippen molar-refractivity contribution in [3.05, 3.63) is 10.6 Å². The predicted octanol–water partition coefficient (Wildman–Crippen LogP) is 3.73. The molecule has 1 aromatic heterocycles. The first kappa shape index (κ1) is 14.4. The summed E-state index contributed by atoms with van der Waals surface area (Å²) in [5.41, 5.74) is 0.741. The van der Waals surface area contributed by atoms with E-state index >= 15 is 0 Å². The quantitative estimate of drug-likeness (QED) is 0.921. The molecule has 2 fully saturated rings. The van der Waals surface area contributed by atoms with Gasteiger partial charge in [-0.25, -0.2) is 9.78 Å². The van der Waals surface area contributed by atoms with E-state index in [1.807, 2.05) is 0 Å². The Morgan fingerprint density at radius 2 is 2.25 bits per heavy atom. The van der Waals surface area contributed by atoms with E-state index < -0.39 is 5.97 Å². The average Bonchev–Trinajstić information content (AvgIpc) is 2.97. The van der Waals surface area contributed by atoms with Crippen molar-refractivity contribution in [3.63, 3.8) is 0 Å². The summed E-state index contributed by atoms with van der Waals surface area (Å²) in [6, 6.07) is 0. The van der Waals surface area contributed by atoms with Crippen molar-refractivity contribution in [1.29, 1.82) is 0 Å². The molecule has 1 saturated heterocycles. The number of carbonyl (C=O) groups is 1. The summed E-state index contributed by atoms with van der Waals surface area (Å²) in [6.07, 6.45) is 7.03. The highest BCUT2D eigenvalue weighted by atomic mass is 32.2. The van der Waals surface area contributed by atoms with Crippen LogP contribution in [0, 0.1) is 6.92 Å². The number of hydrogen-bond donors (Lipinski definition) is 1. The number of rotatable bonds is 3. The Bertz CT molecular complexity index is 509. The highest BCUT2D eigenvalue weighted by Gasteiger charge is 2.40. The number of aromatic nitrogens is 1. The summed E-state index contributed by atoms with van der Waals surface area (Å²) in [5, 5.41) is 9.60. The van der Waals surface area contributed by atoms with E-state index in [-0.39, 0.29) is 5.60 Å². The molecule has 6 heteroatoms. The maximum Gasteiger partial charge on any atom is 0.347 e. The zero-order valence-electron chi connectivity index (χ0n) is 11.6. The van der Waals surface area contributed by atoms with Gasteiger partial charge in [0, 0.05) is 11.9 Å². The smallest absolute Gasteiger partial charge is 0.347 e. The van der Waals surface area contributed by atoms with Crippen molar-refractivity contribution >= 4 is 29.1 Å². The molecule has 3 rings (SSSR count). The van der Waals surface area contributed by atoms with Crippen LogP contribution in [0.2, 0.25) is 0 Å². The van der Waals surface area contributed by atoms with Crippen molar-refractivity contribution in [2.75, 3.05) is 6.61 Å². The Labute approximate surface area is 126 Å².